The molecule has 1 heterocycles. The van der Waals surface area contributed by atoms with Gasteiger partial charge in [0, 0.05) is 10.9 Å². The van der Waals surface area contributed by atoms with Crippen molar-refractivity contribution >= 4 is 43.1 Å². The average molecular weight is 437 g/mol. The van der Waals surface area contributed by atoms with Crippen LogP contribution in [0.4, 0.5) is 0 Å². The Bertz CT molecular complexity index is 2830. The lowest BCUT2D eigenvalue weighted by Gasteiger charge is -2.22. The molecule has 0 saturated heterocycles. The molecule has 0 fully saturated rings. The van der Waals surface area contributed by atoms with Crippen molar-refractivity contribution in [3.8, 4) is 33.8 Å². The second kappa shape index (κ2) is 6.11. The molecular formula is C32H18O. The third-order valence-corrected chi connectivity index (χ3v) is 5.76. The normalized spacial score (nSPS) is 20.1. The van der Waals surface area contributed by atoms with Gasteiger partial charge in [-0.3, -0.25) is 0 Å². The van der Waals surface area contributed by atoms with Crippen molar-refractivity contribution in [2.45, 2.75) is 0 Å². The van der Waals surface area contributed by atoms with Gasteiger partial charge >= 0.3 is 0 Å². The Balaban J connectivity index is 1.61. The van der Waals surface area contributed by atoms with E-state index in [1.54, 1.807) is 0 Å². The summed E-state index contributed by atoms with van der Waals surface area (Å²) in [5.41, 5.74) is -1.67. The monoisotopic (exact) mass is 436 g/mol. The maximum absolute atomic E-state index is 9.34. The summed E-state index contributed by atoms with van der Waals surface area (Å²) in [4.78, 5) is 0. The van der Waals surface area contributed by atoms with Crippen molar-refractivity contribution in [2.75, 3.05) is 0 Å². The Morgan fingerprint density at radius 3 is 1.94 bits per heavy atom. The highest BCUT2D eigenvalue weighted by Gasteiger charge is 2.21. The summed E-state index contributed by atoms with van der Waals surface area (Å²) >= 11 is 0. The van der Waals surface area contributed by atoms with Gasteiger partial charge in [0.25, 0.3) is 0 Å². The van der Waals surface area contributed by atoms with E-state index in [1.165, 1.54) is 0 Å². The van der Waals surface area contributed by atoms with Gasteiger partial charge in [-0.15, -0.1) is 0 Å². The average Bonchev–Trinajstić information content (AvgIpc) is 3.09. The Hall–Kier alpha value is -4.36. The molecular weight excluding hydrogens is 400 g/mol. The van der Waals surface area contributed by atoms with Crippen molar-refractivity contribution in [1.29, 1.82) is 0 Å². The molecule has 1 heteroatoms. The molecule has 1 aliphatic heterocycles. The number of hydrogen-bond acceptors (Lipinski definition) is 1. The van der Waals surface area contributed by atoms with Crippen LogP contribution in [0, 0.1) is 0 Å². The summed E-state index contributed by atoms with van der Waals surface area (Å²) in [6.45, 7) is 0. The molecule has 33 heavy (non-hydrogen) atoms. The van der Waals surface area contributed by atoms with Gasteiger partial charge < -0.3 is 4.74 Å². The molecule has 8 rings (SSSR count). The highest BCUT2D eigenvalue weighted by Crippen LogP contribution is 2.48. The maximum Gasteiger partial charge on any atom is 0.135 e. The van der Waals surface area contributed by atoms with Crippen molar-refractivity contribution in [2.24, 2.45) is 0 Å². The predicted molar refractivity (Wildman–Crippen MR) is 139 cm³/mol. The quantitative estimate of drug-likeness (QED) is 0.233. The number of rotatable bonds is 1. The smallest absolute Gasteiger partial charge is 0.135 e. The highest BCUT2D eigenvalue weighted by atomic mass is 16.5. The molecule has 0 aliphatic carbocycles. The maximum atomic E-state index is 9.34. The largest absolute Gasteiger partial charge is 0.456 e. The molecule has 7 aromatic carbocycles. The topological polar surface area (TPSA) is 9.23 Å². The number of hydrogen-bond donors (Lipinski definition) is 0. The zero-order valence-corrected chi connectivity index (χ0v) is 16.4. The van der Waals surface area contributed by atoms with Crippen LogP contribution in [0.1, 0.15) is 24.7 Å². The Kier molecular flexibility index (Phi) is 1.41. The van der Waals surface area contributed by atoms with E-state index in [2.05, 4.69) is 0 Å². The Labute approximate surface area is 216 Å². The van der Waals surface area contributed by atoms with Crippen LogP contribution in [0.15, 0.2) is 109 Å². The van der Waals surface area contributed by atoms with Crippen molar-refractivity contribution in [3.63, 3.8) is 0 Å². The van der Waals surface area contributed by atoms with Crippen molar-refractivity contribution in [3.05, 3.63) is 109 Å². The summed E-state index contributed by atoms with van der Waals surface area (Å²) in [5.74, 6) is -0.982. The number of ether oxygens (including phenoxy) is 1. The molecule has 0 spiro atoms. The third kappa shape index (κ3) is 2.26. The van der Waals surface area contributed by atoms with E-state index in [4.69, 9.17) is 28.0 Å². The fraction of sp³-hybridized carbons (Fsp3) is 0. The van der Waals surface area contributed by atoms with Gasteiger partial charge in [-0.25, -0.2) is 0 Å². The molecule has 1 nitrogen and oxygen atoms in total. The molecule has 0 radical (unpaired) electrons. The Morgan fingerprint density at radius 2 is 1.09 bits per heavy atom. The SMILES string of the molecule is [2H]c1c([2H])c2c(c([2H])c1-c1c([2H])c([2H])c3c([2H])c([2H])c4c([2H])c([2H])c([2H])c5c([2H])c([2H])c1c3c45)Oc1c([2H])c([2H])c([2H])c3c([2H])c([2H])c([2H])c-2c13. The summed E-state index contributed by atoms with van der Waals surface area (Å²) in [5, 5.41) is -2.09. The van der Waals surface area contributed by atoms with Crippen LogP contribution in [-0.4, -0.2) is 0 Å². The molecule has 0 amide bonds. The lowest BCUT2D eigenvalue weighted by Crippen LogP contribution is -1.97. The van der Waals surface area contributed by atoms with Gasteiger partial charge in [-0.05, 0) is 72.5 Å². The molecule has 0 unspecified atom stereocenters. The third-order valence-electron chi connectivity index (χ3n) is 5.76. The summed E-state index contributed by atoms with van der Waals surface area (Å²) in [7, 11) is 0. The predicted octanol–water partition coefficient (Wildman–Crippen LogP) is 9.18. The minimum atomic E-state index is -0.772. The van der Waals surface area contributed by atoms with E-state index in [-0.39, 0.29) is 54.2 Å². The van der Waals surface area contributed by atoms with Crippen molar-refractivity contribution < 1.29 is 29.4 Å². The fourth-order valence-electron chi connectivity index (χ4n) is 4.32. The van der Waals surface area contributed by atoms with Gasteiger partial charge in [0.2, 0.25) is 0 Å². The van der Waals surface area contributed by atoms with Crippen LogP contribution in [0.3, 0.4) is 0 Å². The van der Waals surface area contributed by atoms with Crippen LogP contribution in [0.2, 0.25) is 0 Å². The molecule has 1 aliphatic rings. The van der Waals surface area contributed by atoms with Crippen molar-refractivity contribution in [1.82, 2.24) is 0 Å². The van der Waals surface area contributed by atoms with Crippen LogP contribution in [-0.2, 0) is 0 Å². The van der Waals surface area contributed by atoms with E-state index >= 15 is 0 Å². The van der Waals surface area contributed by atoms with Crippen LogP contribution in [0.25, 0.3) is 65.3 Å². The Morgan fingerprint density at radius 1 is 0.455 bits per heavy atom. The first-order chi connectivity index (χ1) is 23.9. The highest BCUT2D eigenvalue weighted by molar-refractivity contribution is 6.25. The first-order valence-corrected chi connectivity index (χ1v) is 9.91. The van der Waals surface area contributed by atoms with E-state index in [9.17, 15) is 1.37 Å². The van der Waals surface area contributed by atoms with Crippen LogP contribution >= 0.6 is 0 Å². The summed E-state index contributed by atoms with van der Waals surface area (Å²) in [6, 6.07) is -11.9. The van der Waals surface area contributed by atoms with Gasteiger partial charge in [0.05, 0.1) is 24.7 Å². The lowest BCUT2D eigenvalue weighted by molar-refractivity contribution is 0.487. The van der Waals surface area contributed by atoms with E-state index < -0.39 is 131 Å². The molecule has 0 aromatic heterocycles. The summed E-state index contributed by atoms with van der Waals surface area (Å²) < 4.78 is 163. The zero-order chi connectivity index (χ0) is 37.2. The fourth-order valence-corrected chi connectivity index (χ4v) is 4.32. The molecule has 0 N–H and O–H groups in total. The number of benzene rings is 7. The minimum absolute atomic E-state index is 0.150. The van der Waals surface area contributed by atoms with E-state index in [0.717, 1.165) is 0 Å². The van der Waals surface area contributed by atoms with Gasteiger partial charge in [0.15, 0.2) is 0 Å². The second-order valence-corrected chi connectivity index (χ2v) is 7.51. The molecule has 0 bridgehead atoms. The van der Waals surface area contributed by atoms with Gasteiger partial charge in [-0.2, -0.15) is 0 Å². The van der Waals surface area contributed by atoms with Gasteiger partial charge in [0.1, 0.15) is 11.5 Å². The zero-order valence-electron chi connectivity index (χ0n) is 34.4. The minimum Gasteiger partial charge on any atom is -0.456 e. The van der Waals surface area contributed by atoms with Crippen LogP contribution < -0.4 is 4.74 Å². The lowest BCUT2D eigenvalue weighted by atomic mass is 9.88. The standard InChI is InChI=1S/C32H18O/c1-4-20-10-11-22-12-15-24(27-17-13-21(5-1)30(20)32(22)27)23-14-16-25-26-8-2-6-19-7-3-9-28(31(19)26)33-29(25)18-23/h1-18H/i1D,2D,3D,4D,5D,6D,7D,8D,9D,10D,11D,12D,13D,14D,15D,16D,17D,18D. The molecule has 0 atom stereocenters. The van der Waals surface area contributed by atoms with Gasteiger partial charge in [-0.1, -0.05) is 90.6 Å². The molecule has 152 valence electrons. The number of fused-ring (bicyclic) bond motifs is 2. The van der Waals surface area contributed by atoms with Crippen LogP contribution in [0.5, 0.6) is 11.5 Å². The first-order valence-electron chi connectivity index (χ1n) is 18.9. The second-order valence-electron chi connectivity index (χ2n) is 7.51. The van der Waals surface area contributed by atoms with E-state index in [0.29, 0.717) is 0 Å². The molecule has 0 saturated carbocycles. The first kappa shape index (κ1) is 7.60. The summed E-state index contributed by atoms with van der Waals surface area (Å²) in [6.07, 6.45) is 0. The molecule has 7 aromatic rings. The van der Waals surface area contributed by atoms with E-state index in [1.807, 2.05) is 0 Å².